The molecule has 2 aliphatic heterocycles. The number of hydrogen-bond acceptors (Lipinski definition) is 3. The summed E-state index contributed by atoms with van der Waals surface area (Å²) >= 11 is 0. The van der Waals surface area contributed by atoms with Crippen LogP contribution in [0.15, 0.2) is 0 Å². The molecule has 2 rings (SSSR count). The molecule has 2 aliphatic rings. The van der Waals surface area contributed by atoms with Gasteiger partial charge in [0.25, 0.3) is 0 Å². The van der Waals surface area contributed by atoms with E-state index in [9.17, 15) is 4.79 Å². The lowest BCUT2D eigenvalue weighted by Gasteiger charge is -2.28. The van der Waals surface area contributed by atoms with E-state index in [0.717, 1.165) is 13.0 Å². The Bertz CT molecular complexity index is 303. The van der Waals surface area contributed by atoms with Gasteiger partial charge in [0.15, 0.2) is 0 Å². The van der Waals surface area contributed by atoms with Crippen LogP contribution < -0.4 is 10.6 Å². The zero-order chi connectivity index (χ0) is 13.3. The van der Waals surface area contributed by atoms with Gasteiger partial charge in [0, 0.05) is 24.7 Å². The van der Waals surface area contributed by atoms with Crippen molar-refractivity contribution in [1.82, 2.24) is 15.5 Å². The quantitative estimate of drug-likeness (QED) is 0.763. The van der Waals surface area contributed by atoms with Crippen molar-refractivity contribution in [2.24, 2.45) is 11.8 Å². The largest absolute Gasteiger partial charge is 0.352 e. The molecule has 0 aromatic rings. The molecule has 2 bridgehead atoms. The zero-order valence-electron chi connectivity index (χ0n) is 12.1. The van der Waals surface area contributed by atoms with Crippen LogP contribution in [0.1, 0.15) is 33.1 Å². The Hall–Kier alpha value is -0.610. The number of carbonyl (C=O) groups excluding carboxylic acids is 1. The average molecular weight is 253 g/mol. The second-order valence-corrected chi connectivity index (χ2v) is 6.51. The SMILES string of the molecule is CC(C)C(CN(C)C)NC(=O)C1CC2CCC1N2. The Kier molecular flexibility index (Phi) is 4.28. The minimum Gasteiger partial charge on any atom is -0.352 e. The molecule has 0 radical (unpaired) electrons. The second kappa shape index (κ2) is 5.57. The highest BCUT2D eigenvalue weighted by Gasteiger charge is 2.43. The maximum Gasteiger partial charge on any atom is 0.225 e. The van der Waals surface area contributed by atoms with Gasteiger partial charge in [-0.2, -0.15) is 0 Å². The van der Waals surface area contributed by atoms with E-state index in [4.69, 9.17) is 0 Å². The molecular weight excluding hydrogens is 226 g/mol. The van der Waals surface area contributed by atoms with Gasteiger partial charge in [-0.25, -0.2) is 0 Å². The summed E-state index contributed by atoms with van der Waals surface area (Å²) in [6, 6.07) is 1.28. The normalized spacial score (nSPS) is 32.2. The van der Waals surface area contributed by atoms with Crippen LogP contribution in [-0.4, -0.2) is 49.6 Å². The van der Waals surface area contributed by atoms with Crippen molar-refractivity contribution in [3.8, 4) is 0 Å². The van der Waals surface area contributed by atoms with E-state index in [0.29, 0.717) is 18.0 Å². The molecule has 18 heavy (non-hydrogen) atoms. The number of rotatable bonds is 5. The number of amides is 1. The van der Waals surface area contributed by atoms with Gasteiger partial charge in [-0.3, -0.25) is 4.79 Å². The Labute approximate surface area is 110 Å². The summed E-state index contributed by atoms with van der Waals surface area (Å²) in [5.41, 5.74) is 0. The van der Waals surface area contributed by atoms with Crippen LogP contribution in [0.3, 0.4) is 0 Å². The highest BCUT2D eigenvalue weighted by atomic mass is 16.2. The number of nitrogens with zero attached hydrogens (tertiary/aromatic N) is 1. The summed E-state index contributed by atoms with van der Waals surface area (Å²) < 4.78 is 0. The lowest BCUT2D eigenvalue weighted by Crippen LogP contribution is -2.48. The molecule has 2 saturated heterocycles. The van der Waals surface area contributed by atoms with Gasteiger partial charge in [0.2, 0.25) is 5.91 Å². The molecule has 104 valence electrons. The number of carbonyl (C=O) groups is 1. The molecular formula is C14H27N3O. The van der Waals surface area contributed by atoms with Gasteiger partial charge >= 0.3 is 0 Å². The fourth-order valence-electron chi connectivity index (χ4n) is 3.22. The first-order chi connectivity index (χ1) is 8.47. The van der Waals surface area contributed by atoms with Gasteiger partial charge < -0.3 is 15.5 Å². The van der Waals surface area contributed by atoms with Crippen LogP contribution >= 0.6 is 0 Å². The first-order valence-corrected chi connectivity index (χ1v) is 7.18. The van der Waals surface area contributed by atoms with Crippen LogP contribution in [0, 0.1) is 11.8 Å². The van der Waals surface area contributed by atoms with Crippen molar-refractivity contribution < 1.29 is 4.79 Å². The highest BCUT2D eigenvalue weighted by molar-refractivity contribution is 5.80. The summed E-state index contributed by atoms with van der Waals surface area (Å²) in [4.78, 5) is 14.5. The minimum absolute atomic E-state index is 0.201. The van der Waals surface area contributed by atoms with Gasteiger partial charge in [0.1, 0.15) is 0 Å². The van der Waals surface area contributed by atoms with Crippen molar-refractivity contribution in [3.05, 3.63) is 0 Å². The molecule has 2 fully saturated rings. The zero-order valence-corrected chi connectivity index (χ0v) is 12.1. The maximum atomic E-state index is 12.4. The summed E-state index contributed by atoms with van der Waals surface area (Å²) in [6.45, 7) is 5.26. The third-order valence-corrected chi connectivity index (χ3v) is 4.33. The van der Waals surface area contributed by atoms with E-state index in [1.54, 1.807) is 0 Å². The molecule has 2 heterocycles. The molecule has 0 aromatic carbocycles. The molecule has 0 spiro atoms. The van der Waals surface area contributed by atoms with Crippen LogP contribution in [-0.2, 0) is 4.79 Å². The van der Waals surface area contributed by atoms with Crippen LogP contribution in [0.5, 0.6) is 0 Å². The van der Waals surface area contributed by atoms with Gasteiger partial charge in [-0.15, -0.1) is 0 Å². The predicted octanol–water partition coefficient (Wildman–Crippen LogP) is 0.829. The third kappa shape index (κ3) is 3.04. The van der Waals surface area contributed by atoms with Crippen molar-refractivity contribution in [2.45, 2.75) is 51.2 Å². The molecule has 4 atom stereocenters. The number of nitrogens with one attached hydrogen (secondary N) is 2. The smallest absolute Gasteiger partial charge is 0.225 e. The van der Waals surface area contributed by atoms with E-state index < -0.39 is 0 Å². The van der Waals surface area contributed by atoms with E-state index in [2.05, 4.69) is 43.5 Å². The van der Waals surface area contributed by atoms with Crippen LogP contribution in [0.2, 0.25) is 0 Å². The topological polar surface area (TPSA) is 44.4 Å². The summed E-state index contributed by atoms with van der Waals surface area (Å²) in [7, 11) is 4.11. The third-order valence-electron chi connectivity index (χ3n) is 4.33. The molecule has 0 aliphatic carbocycles. The standard InChI is InChI=1S/C14H27N3O/c1-9(2)13(8-17(3)4)16-14(18)11-7-10-5-6-12(11)15-10/h9-13,15H,5-8H2,1-4H3,(H,16,18). The van der Waals surface area contributed by atoms with Crippen molar-refractivity contribution >= 4 is 5.91 Å². The summed E-state index contributed by atoms with van der Waals surface area (Å²) in [6.07, 6.45) is 3.45. The van der Waals surface area contributed by atoms with Crippen LogP contribution in [0.25, 0.3) is 0 Å². The lowest BCUT2D eigenvalue weighted by molar-refractivity contribution is -0.126. The van der Waals surface area contributed by atoms with Crippen molar-refractivity contribution in [2.75, 3.05) is 20.6 Å². The molecule has 1 amide bonds. The van der Waals surface area contributed by atoms with Gasteiger partial charge in [-0.1, -0.05) is 13.8 Å². The maximum absolute atomic E-state index is 12.4. The Balaban J connectivity index is 1.88. The molecule has 0 saturated carbocycles. The molecule has 0 aromatic heterocycles. The summed E-state index contributed by atoms with van der Waals surface area (Å²) in [5, 5.41) is 6.78. The van der Waals surface area contributed by atoms with E-state index >= 15 is 0 Å². The Morgan fingerprint density at radius 2 is 2.11 bits per heavy atom. The minimum atomic E-state index is 0.201. The Morgan fingerprint density at radius 1 is 1.39 bits per heavy atom. The Morgan fingerprint density at radius 3 is 2.56 bits per heavy atom. The van der Waals surface area contributed by atoms with Crippen molar-refractivity contribution in [1.29, 1.82) is 0 Å². The number of hydrogen-bond donors (Lipinski definition) is 2. The lowest BCUT2D eigenvalue weighted by atomic mass is 9.88. The summed E-state index contributed by atoms with van der Waals surface area (Å²) in [5.74, 6) is 0.935. The molecule has 4 unspecified atom stereocenters. The monoisotopic (exact) mass is 253 g/mol. The van der Waals surface area contributed by atoms with Gasteiger partial charge in [-0.05, 0) is 39.3 Å². The number of fused-ring (bicyclic) bond motifs is 2. The van der Waals surface area contributed by atoms with Crippen LogP contribution in [0.4, 0.5) is 0 Å². The molecule has 4 nitrogen and oxygen atoms in total. The fourth-order valence-corrected chi connectivity index (χ4v) is 3.22. The first kappa shape index (κ1) is 13.8. The van der Waals surface area contributed by atoms with E-state index in [1.807, 2.05) is 0 Å². The molecule has 2 N–H and O–H groups in total. The second-order valence-electron chi connectivity index (χ2n) is 6.51. The first-order valence-electron chi connectivity index (χ1n) is 7.18. The van der Waals surface area contributed by atoms with E-state index in [-0.39, 0.29) is 17.9 Å². The fraction of sp³-hybridized carbons (Fsp3) is 0.929. The highest BCUT2D eigenvalue weighted by Crippen LogP contribution is 2.33. The molecule has 4 heteroatoms. The van der Waals surface area contributed by atoms with E-state index in [1.165, 1.54) is 12.8 Å². The number of likely N-dealkylation sites (N-methyl/N-ethyl adjacent to an activating group) is 1. The van der Waals surface area contributed by atoms with Gasteiger partial charge in [0.05, 0.1) is 5.92 Å². The van der Waals surface area contributed by atoms with Crippen molar-refractivity contribution in [3.63, 3.8) is 0 Å². The average Bonchev–Trinajstić information content (AvgIpc) is 2.88. The predicted molar refractivity (Wildman–Crippen MR) is 73.4 cm³/mol.